The molecule has 2 aliphatic carbocycles. The summed E-state index contributed by atoms with van der Waals surface area (Å²) in [7, 11) is 0. The van der Waals surface area contributed by atoms with Gasteiger partial charge in [0, 0.05) is 18.6 Å². The molecule has 2 aliphatic rings. The minimum Gasteiger partial charge on any atom is -0.481 e. The summed E-state index contributed by atoms with van der Waals surface area (Å²) in [5, 5.41) is 8.79. The highest BCUT2D eigenvalue weighted by Crippen LogP contribution is 2.35. The van der Waals surface area contributed by atoms with Gasteiger partial charge < -0.3 is 5.11 Å². The van der Waals surface area contributed by atoms with Crippen molar-refractivity contribution in [2.75, 3.05) is 6.54 Å². The first kappa shape index (κ1) is 11.9. The van der Waals surface area contributed by atoms with Crippen LogP contribution in [-0.2, 0) is 4.79 Å². The number of rotatable bonds is 5. The molecule has 2 unspecified atom stereocenters. The Morgan fingerprint density at radius 3 is 2.56 bits per heavy atom. The molecule has 3 heteroatoms. The third kappa shape index (κ3) is 3.21. The highest BCUT2D eigenvalue weighted by atomic mass is 16.4. The van der Waals surface area contributed by atoms with Crippen LogP contribution in [0.15, 0.2) is 0 Å². The third-order valence-corrected chi connectivity index (χ3v) is 3.98. The Hall–Kier alpha value is -0.570. The van der Waals surface area contributed by atoms with Crippen molar-refractivity contribution in [2.24, 2.45) is 5.92 Å². The molecule has 0 saturated heterocycles. The molecule has 0 aromatic carbocycles. The van der Waals surface area contributed by atoms with Crippen molar-refractivity contribution in [2.45, 2.75) is 64.0 Å². The molecule has 0 aliphatic heterocycles. The highest BCUT2D eigenvalue weighted by Gasteiger charge is 2.35. The largest absolute Gasteiger partial charge is 0.481 e. The van der Waals surface area contributed by atoms with E-state index in [0.717, 1.165) is 12.5 Å². The smallest absolute Gasteiger partial charge is 0.304 e. The Kier molecular flexibility index (Phi) is 3.85. The molecule has 16 heavy (non-hydrogen) atoms. The minimum absolute atomic E-state index is 0.307. The molecular formula is C13H23NO2. The van der Waals surface area contributed by atoms with Crippen LogP contribution in [-0.4, -0.2) is 34.6 Å². The van der Waals surface area contributed by atoms with E-state index < -0.39 is 5.97 Å². The molecule has 0 aromatic heterocycles. The number of hydrogen-bond donors (Lipinski definition) is 1. The maximum absolute atomic E-state index is 10.7. The first-order valence-corrected chi connectivity index (χ1v) is 6.64. The SMILES string of the molecule is CC1CCCC(N(CCC(=O)O)C2CC2)C1. The van der Waals surface area contributed by atoms with Gasteiger partial charge >= 0.3 is 5.97 Å². The average Bonchev–Trinajstić information content (AvgIpc) is 3.02. The first-order valence-electron chi connectivity index (χ1n) is 6.64. The molecule has 0 amide bonds. The quantitative estimate of drug-likeness (QED) is 0.781. The second-order valence-electron chi connectivity index (χ2n) is 5.54. The number of carboxylic acids is 1. The summed E-state index contributed by atoms with van der Waals surface area (Å²) in [4.78, 5) is 13.2. The van der Waals surface area contributed by atoms with Gasteiger partial charge in [-0.3, -0.25) is 9.69 Å². The summed E-state index contributed by atoms with van der Waals surface area (Å²) >= 11 is 0. The van der Waals surface area contributed by atoms with Gasteiger partial charge in [0.1, 0.15) is 0 Å². The predicted molar refractivity (Wildman–Crippen MR) is 63.4 cm³/mol. The molecule has 2 rings (SSSR count). The van der Waals surface area contributed by atoms with Crippen LogP contribution in [0, 0.1) is 5.92 Å². The summed E-state index contributed by atoms with van der Waals surface area (Å²) in [6, 6.07) is 1.37. The van der Waals surface area contributed by atoms with E-state index in [0.29, 0.717) is 18.5 Å². The molecule has 92 valence electrons. The van der Waals surface area contributed by atoms with Gasteiger partial charge in [-0.25, -0.2) is 0 Å². The lowest BCUT2D eigenvalue weighted by atomic mass is 9.86. The van der Waals surface area contributed by atoms with Crippen molar-refractivity contribution in [3.05, 3.63) is 0 Å². The highest BCUT2D eigenvalue weighted by molar-refractivity contribution is 5.66. The van der Waals surface area contributed by atoms with Gasteiger partial charge in [0.05, 0.1) is 6.42 Å². The molecule has 2 saturated carbocycles. The predicted octanol–water partition coefficient (Wildman–Crippen LogP) is 2.50. The topological polar surface area (TPSA) is 40.5 Å². The molecule has 0 bridgehead atoms. The maximum Gasteiger partial charge on any atom is 0.304 e. The van der Waals surface area contributed by atoms with Crippen molar-refractivity contribution in [1.29, 1.82) is 0 Å². The fourth-order valence-electron chi connectivity index (χ4n) is 3.00. The zero-order chi connectivity index (χ0) is 11.5. The number of carbonyl (C=O) groups is 1. The Morgan fingerprint density at radius 2 is 2.00 bits per heavy atom. The number of carboxylic acid groups (broad SMARTS) is 1. The van der Waals surface area contributed by atoms with E-state index in [4.69, 9.17) is 5.11 Å². The molecule has 0 spiro atoms. The first-order chi connectivity index (χ1) is 7.66. The van der Waals surface area contributed by atoms with Crippen molar-refractivity contribution >= 4 is 5.97 Å². The van der Waals surface area contributed by atoms with Gasteiger partial charge in [0.25, 0.3) is 0 Å². The van der Waals surface area contributed by atoms with Crippen molar-refractivity contribution in [3.8, 4) is 0 Å². The molecule has 2 fully saturated rings. The van der Waals surface area contributed by atoms with E-state index in [2.05, 4.69) is 11.8 Å². The van der Waals surface area contributed by atoms with Crippen LogP contribution in [0.5, 0.6) is 0 Å². The Morgan fingerprint density at radius 1 is 1.25 bits per heavy atom. The zero-order valence-corrected chi connectivity index (χ0v) is 10.2. The summed E-state index contributed by atoms with van der Waals surface area (Å²) in [6.45, 7) is 3.09. The van der Waals surface area contributed by atoms with Crippen LogP contribution >= 0.6 is 0 Å². The molecule has 0 heterocycles. The standard InChI is InChI=1S/C13H23NO2/c1-10-3-2-4-12(9-10)14(11-5-6-11)8-7-13(15)16/h10-12H,2-9H2,1H3,(H,15,16). The van der Waals surface area contributed by atoms with Crippen LogP contribution in [0.3, 0.4) is 0 Å². The monoisotopic (exact) mass is 225 g/mol. The Balaban J connectivity index is 1.87. The summed E-state index contributed by atoms with van der Waals surface area (Å²) in [6.07, 6.45) is 8.10. The number of nitrogens with zero attached hydrogens (tertiary/aromatic N) is 1. The van der Waals surface area contributed by atoms with E-state index in [1.54, 1.807) is 0 Å². The van der Waals surface area contributed by atoms with Gasteiger partial charge in [-0.1, -0.05) is 19.8 Å². The number of hydrogen-bond acceptors (Lipinski definition) is 2. The van der Waals surface area contributed by atoms with Gasteiger partial charge in [0.2, 0.25) is 0 Å². The average molecular weight is 225 g/mol. The minimum atomic E-state index is -0.658. The Bertz CT molecular complexity index is 250. The molecule has 0 radical (unpaired) electrons. The molecule has 3 nitrogen and oxygen atoms in total. The molecule has 1 N–H and O–H groups in total. The van der Waals surface area contributed by atoms with Gasteiger partial charge in [0.15, 0.2) is 0 Å². The lowest BCUT2D eigenvalue weighted by molar-refractivity contribution is -0.137. The van der Waals surface area contributed by atoms with E-state index in [9.17, 15) is 4.79 Å². The molecule has 2 atom stereocenters. The normalized spacial score (nSPS) is 30.6. The summed E-state index contributed by atoms with van der Waals surface area (Å²) in [5.41, 5.74) is 0. The van der Waals surface area contributed by atoms with Crippen molar-refractivity contribution in [3.63, 3.8) is 0 Å². The van der Waals surface area contributed by atoms with Crippen LogP contribution in [0.1, 0.15) is 51.9 Å². The zero-order valence-electron chi connectivity index (χ0n) is 10.2. The van der Waals surface area contributed by atoms with Crippen molar-refractivity contribution in [1.82, 2.24) is 4.90 Å². The maximum atomic E-state index is 10.7. The van der Waals surface area contributed by atoms with E-state index >= 15 is 0 Å². The fraction of sp³-hybridized carbons (Fsp3) is 0.923. The Labute approximate surface area is 97.8 Å². The van der Waals surface area contributed by atoms with E-state index in [-0.39, 0.29) is 0 Å². The fourth-order valence-corrected chi connectivity index (χ4v) is 3.00. The molecular weight excluding hydrogens is 202 g/mol. The van der Waals surface area contributed by atoms with Crippen LogP contribution in [0.2, 0.25) is 0 Å². The van der Waals surface area contributed by atoms with E-state index in [1.165, 1.54) is 38.5 Å². The van der Waals surface area contributed by atoms with Gasteiger partial charge in [-0.05, 0) is 31.6 Å². The number of aliphatic carboxylic acids is 1. The summed E-state index contributed by atoms with van der Waals surface area (Å²) < 4.78 is 0. The van der Waals surface area contributed by atoms with Crippen molar-refractivity contribution < 1.29 is 9.90 Å². The third-order valence-electron chi connectivity index (χ3n) is 3.98. The second kappa shape index (κ2) is 5.17. The van der Waals surface area contributed by atoms with Crippen LogP contribution in [0.25, 0.3) is 0 Å². The lowest BCUT2D eigenvalue weighted by Crippen LogP contribution is -2.41. The summed E-state index contributed by atoms with van der Waals surface area (Å²) in [5.74, 6) is 0.166. The van der Waals surface area contributed by atoms with Crippen LogP contribution < -0.4 is 0 Å². The lowest BCUT2D eigenvalue weighted by Gasteiger charge is -2.36. The van der Waals surface area contributed by atoms with Crippen LogP contribution in [0.4, 0.5) is 0 Å². The van der Waals surface area contributed by atoms with Gasteiger partial charge in [-0.15, -0.1) is 0 Å². The van der Waals surface area contributed by atoms with E-state index in [1.807, 2.05) is 0 Å². The second-order valence-corrected chi connectivity index (χ2v) is 5.54. The van der Waals surface area contributed by atoms with Gasteiger partial charge in [-0.2, -0.15) is 0 Å². The molecule has 0 aromatic rings.